The summed E-state index contributed by atoms with van der Waals surface area (Å²) in [6, 6.07) is 7.27. The van der Waals surface area contributed by atoms with Gasteiger partial charge < -0.3 is 14.3 Å². The Balaban J connectivity index is 1.68. The molecule has 1 aliphatic rings. The van der Waals surface area contributed by atoms with Gasteiger partial charge in [-0.2, -0.15) is 0 Å². The molecule has 1 aliphatic heterocycles. The minimum Gasteiger partial charge on any atom is -0.463 e. The summed E-state index contributed by atoms with van der Waals surface area (Å²) < 4.78 is 35.6. The molecule has 0 saturated carbocycles. The molecule has 3 rings (SSSR count). The highest BCUT2D eigenvalue weighted by Gasteiger charge is 2.40. The molecule has 1 N–H and O–H groups in total. The Morgan fingerprint density at radius 2 is 2.04 bits per heavy atom. The molecule has 8 nitrogen and oxygen atoms in total. The summed E-state index contributed by atoms with van der Waals surface area (Å²) in [6.45, 7) is 0.607. The molecule has 0 radical (unpaired) electrons. The number of carbonyl (C=O) groups is 2. The smallest absolute Gasteiger partial charge is 0.341 e. The van der Waals surface area contributed by atoms with Crippen molar-refractivity contribution in [3.63, 3.8) is 0 Å². The predicted octanol–water partition coefficient (Wildman–Crippen LogP) is 1.08. The Morgan fingerprint density at radius 1 is 1.32 bits per heavy atom. The fourth-order valence-corrected chi connectivity index (χ4v) is 4.13. The van der Waals surface area contributed by atoms with Gasteiger partial charge in [0.05, 0.1) is 12.1 Å². The second kappa shape index (κ2) is 6.34. The molecule has 9 heteroatoms. The van der Waals surface area contributed by atoms with Crippen LogP contribution >= 0.6 is 0 Å². The Labute approximate surface area is 143 Å². The summed E-state index contributed by atoms with van der Waals surface area (Å²) >= 11 is 0. The number of aryl methyl sites for hydroxylation is 1. The molecular weight excluding hydrogens is 350 g/mol. The van der Waals surface area contributed by atoms with Gasteiger partial charge in [-0.3, -0.25) is 4.79 Å². The standard InChI is InChI=1S/C16H15NO7S/c1-10-13(8-11(9-18)24-10)16(20)23-7-6-17-15(19)12-4-2-3-5-14(12)25(17,21)22/h2-5,8,18H,6-7,9H2,1H3. The van der Waals surface area contributed by atoms with E-state index in [-0.39, 0.29) is 47.3 Å². The van der Waals surface area contributed by atoms with Crippen molar-refractivity contribution in [1.29, 1.82) is 0 Å². The van der Waals surface area contributed by atoms with Crippen molar-refractivity contribution in [2.24, 2.45) is 0 Å². The summed E-state index contributed by atoms with van der Waals surface area (Å²) in [4.78, 5) is 24.2. The van der Waals surface area contributed by atoms with Gasteiger partial charge in [-0.1, -0.05) is 12.1 Å². The lowest BCUT2D eigenvalue weighted by molar-refractivity contribution is 0.0476. The number of carbonyl (C=O) groups excluding carboxylic acids is 2. The average Bonchev–Trinajstić information content (AvgIpc) is 3.06. The number of aliphatic hydroxyl groups excluding tert-OH is 1. The van der Waals surface area contributed by atoms with Gasteiger partial charge in [0.25, 0.3) is 15.9 Å². The molecule has 0 bridgehead atoms. The fraction of sp³-hybridized carbons (Fsp3) is 0.250. The van der Waals surface area contributed by atoms with Crippen LogP contribution in [0.2, 0.25) is 0 Å². The van der Waals surface area contributed by atoms with Gasteiger partial charge in [0.1, 0.15) is 35.2 Å². The zero-order valence-electron chi connectivity index (χ0n) is 13.3. The third-order valence-corrected chi connectivity index (χ3v) is 5.62. The lowest BCUT2D eigenvalue weighted by Crippen LogP contribution is -2.33. The number of benzene rings is 1. The molecule has 0 saturated heterocycles. The van der Waals surface area contributed by atoms with Crippen molar-refractivity contribution < 1.29 is 32.3 Å². The summed E-state index contributed by atoms with van der Waals surface area (Å²) in [7, 11) is -3.93. The van der Waals surface area contributed by atoms with Crippen LogP contribution in [0.3, 0.4) is 0 Å². The molecule has 1 aromatic heterocycles. The largest absolute Gasteiger partial charge is 0.463 e. The maximum atomic E-state index is 12.4. The number of esters is 1. The van der Waals surface area contributed by atoms with Crippen LogP contribution < -0.4 is 0 Å². The van der Waals surface area contributed by atoms with E-state index in [1.807, 2.05) is 0 Å². The predicted molar refractivity (Wildman–Crippen MR) is 84.3 cm³/mol. The molecular formula is C16H15NO7S. The third-order valence-electron chi connectivity index (χ3n) is 3.78. The molecule has 2 aromatic rings. The van der Waals surface area contributed by atoms with E-state index in [1.54, 1.807) is 13.0 Å². The quantitative estimate of drug-likeness (QED) is 0.789. The molecule has 0 spiro atoms. The molecule has 25 heavy (non-hydrogen) atoms. The van der Waals surface area contributed by atoms with E-state index in [9.17, 15) is 18.0 Å². The minimum absolute atomic E-state index is 0.0513. The number of furan rings is 1. The molecule has 0 aliphatic carbocycles. The summed E-state index contributed by atoms with van der Waals surface area (Å²) in [5, 5.41) is 8.99. The molecule has 1 aromatic carbocycles. The van der Waals surface area contributed by atoms with Crippen LogP contribution in [0.25, 0.3) is 0 Å². The van der Waals surface area contributed by atoms with E-state index >= 15 is 0 Å². The van der Waals surface area contributed by atoms with E-state index in [4.69, 9.17) is 14.3 Å². The second-order valence-electron chi connectivity index (χ2n) is 5.36. The maximum Gasteiger partial charge on any atom is 0.341 e. The molecule has 0 unspecified atom stereocenters. The van der Waals surface area contributed by atoms with Crippen molar-refractivity contribution in [2.75, 3.05) is 13.2 Å². The number of hydrogen-bond donors (Lipinski definition) is 1. The van der Waals surface area contributed by atoms with Crippen LogP contribution in [-0.2, 0) is 21.4 Å². The fourth-order valence-electron chi connectivity index (χ4n) is 2.58. The number of fused-ring (bicyclic) bond motifs is 1. The van der Waals surface area contributed by atoms with Crippen molar-refractivity contribution >= 4 is 21.9 Å². The van der Waals surface area contributed by atoms with E-state index in [0.717, 1.165) is 0 Å². The topological polar surface area (TPSA) is 114 Å². The SMILES string of the molecule is Cc1oc(CO)cc1C(=O)OCCN1C(=O)c2ccccc2S1(=O)=O. The lowest BCUT2D eigenvalue weighted by atomic mass is 10.2. The zero-order valence-corrected chi connectivity index (χ0v) is 14.1. The zero-order chi connectivity index (χ0) is 18.2. The number of ether oxygens (including phenoxy) is 1. The van der Waals surface area contributed by atoms with Gasteiger partial charge in [-0.05, 0) is 25.1 Å². The Kier molecular flexibility index (Phi) is 4.36. The van der Waals surface area contributed by atoms with Crippen molar-refractivity contribution in [3.05, 3.63) is 53.0 Å². The first-order chi connectivity index (χ1) is 11.9. The van der Waals surface area contributed by atoms with Gasteiger partial charge in [0.15, 0.2) is 0 Å². The highest BCUT2D eigenvalue weighted by atomic mass is 32.2. The molecule has 2 heterocycles. The van der Waals surface area contributed by atoms with Gasteiger partial charge in [0.2, 0.25) is 0 Å². The van der Waals surface area contributed by atoms with Crippen molar-refractivity contribution in [3.8, 4) is 0 Å². The van der Waals surface area contributed by atoms with Crippen LogP contribution in [0.5, 0.6) is 0 Å². The van der Waals surface area contributed by atoms with E-state index < -0.39 is 21.9 Å². The number of nitrogens with zero attached hydrogens (tertiary/aromatic N) is 1. The molecule has 132 valence electrons. The molecule has 0 atom stereocenters. The number of amides is 1. The van der Waals surface area contributed by atoms with Gasteiger partial charge in [0, 0.05) is 0 Å². The van der Waals surface area contributed by atoms with Crippen LogP contribution in [-0.4, -0.2) is 42.9 Å². The normalized spacial score (nSPS) is 15.3. The Morgan fingerprint density at radius 3 is 2.68 bits per heavy atom. The highest BCUT2D eigenvalue weighted by molar-refractivity contribution is 7.90. The summed E-state index contributed by atoms with van der Waals surface area (Å²) in [5.74, 6) is -0.861. The Hall–Kier alpha value is -2.65. The van der Waals surface area contributed by atoms with Gasteiger partial charge >= 0.3 is 5.97 Å². The lowest BCUT2D eigenvalue weighted by Gasteiger charge is -2.14. The summed E-state index contributed by atoms with van der Waals surface area (Å²) in [6.07, 6.45) is 0. The first-order valence-corrected chi connectivity index (χ1v) is 8.83. The van der Waals surface area contributed by atoms with Crippen molar-refractivity contribution in [2.45, 2.75) is 18.4 Å². The van der Waals surface area contributed by atoms with Crippen LogP contribution in [0.15, 0.2) is 39.6 Å². The van der Waals surface area contributed by atoms with Gasteiger partial charge in [-0.15, -0.1) is 0 Å². The number of sulfonamides is 1. The summed E-state index contributed by atoms with van der Waals surface area (Å²) in [5.41, 5.74) is 0.245. The van der Waals surface area contributed by atoms with E-state index in [0.29, 0.717) is 4.31 Å². The highest BCUT2D eigenvalue weighted by Crippen LogP contribution is 2.29. The number of rotatable bonds is 5. The number of hydrogen-bond acceptors (Lipinski definition) is 7. The average molecular weight is 365 g/mol. The Bertz CT molecular complexity index is 945. The van der Waals surface area contributed by atoms with Crippen molar-refractivity contribution in [1.82, 2.24) is 4.31 Å². The molecule has 1 amide bonds. The minimum atomic E-state index is -3.93. The van der Waals surface area contributed by atoms with Crippen LogP contribution in [0, 0.1) is 6.92 Å². The first-order valence-electron chi connectivity index (χ1n) is 7.39. The number of aliphatic hydroxyl groups is 1. The maximum absolute atomic E-state index is 12.4. The van der Waals surface area contributed by atoms with E-state index in [1.165, 1.54) is 24.3 Å². The van der Waals surface area contributed by atoms with Crippen LogP contribution in [0.4, 0.5) is 0 Å². The molecule has 0 fully saturated rings. The van der Waals surface area contributed by atoms with Crippen LogP contribution in [0.1, 0.15) is 32.2 Å². The first kappa shape index (κ1) is 17.2. The second-order valence-corrected chi connectivity index (χ2v) is 7.19. The van der Waals surface area contributed by atoms with E-state index in [2.05, 4.69) is 0 Å². The third kappa shape index (κ3) is 2.92. The van der Waals surface area contributed by atoms with Gasteiger partial charge in [-0.25, -0.2) is 17.5 Å². The monoisotopic (exact) mass is 365 g/mol.